The highest BCUT2D eigenvalue weighted by Gasteiger charge is 2.18. The van der Waals surface area contributed by atoms with Gasteiger partial charge >= 0.3 is 0 Å². The third kappa shape index (κ3) is 3.13. The fourth-order valence-electron chi connectivity index (χ4n) is 2.89. The van der Waals surface area contributed by atoms with E-state index >= 15 is 0 Å². The highest BCUT2D eigenvalue weighted by atomic mass is 19.2. The van der Waals surface area contributed by atoms with Crippen LogP contribution >= 0.6 is 0 Å². The van der Waals surface area contributed by atoms with Crippen LogP contribution in [0.5, 0.6) is 0 Å². The summed E-state index contributed by atoms with van der Waals surface area (Å²) in [5, 5.41) is 14.6. The molecule has 0 saturated heterocycles. The Morgan fingerprint density at radius 2 is 1.95 bits per heavy atom. The number of benzene rings is 1. The van der Waals surface area contributed by atoms with E-state index < -0.39 is 17.7 Å². The van der Waals surface area contributed by atoms with Crippen LogP contribution in [0.2, 0.25) is 0 Å². The first-order chi connectivity index (χ1) is 10.1. The van der Waals surface area contributed by atoms with Gasteiger partial charge in [-0.3, -0.25) is 4.68 Å². The Balaban J connectivity index is 1.69. The summed E-state index contributed by atoms with van der Waals surface area (Å²) in [4.78, 5) is 0. The third-order valence-corrected chi connectivity index (χ3v) is 4.09. The molecule has 0 radical (unpaired) electrons. The van der Waals surface area contributed by atoms with Crippen LogP contribution in [-0.2, 0) is 6.42 Å². The molecule has 1 fully saturated rings. The van der Waals surface area contributed by atoms with Gasteiger partial charge in [-0.05, 0) is 36.6 Å². The summed E-state index contributed by atoms with van der Waals surface area (Å²) in [7, 11) is 0. The maximum Gasteiger partial charge on any atom is 0.159 e. The molecule has 1 unspecified atom stereocenters. The van der Waals surface area contributed by atoms with Crippen LogP contribution < -0.4 is 0 Å². The number of hydrogen-bond acceptors (Lipinski definition) is 2. The van der Waals surface area contributed by atoms with Gasteiger partial charge in [0.15, 0.2) is 11.6 Å². The molecule has 0 amide bonds. The van der Waals surface area contributed by atoms with E-state index in [1.807, 2.05) is 16.9 Å². The molecule has 1 N–H and O–H groups in total. The number of hydrogen-bond donors (Lipinski definition) is 1. The lowest BCUT2D eigenvalue weighted by Crippen LogP contribution is -2.07. The summed E-state index contributed by atoms with van der Waals surface area (Å²) < 4.78 is 28.0. The third-order valence-electron chi connectivity index (χ3n) is 4.09. The van der Waals surface area contributed by atoms with Crippen LogP contribution in [0.25, 0.3) is 0 Å². The zero-order chi connectivity index (χ0) is 14.8. The normalized spacial score (nSPS) is 17.3. The second kappa shape index (κ2) is 5.93. The minimum Gasteiger partial charge on any atom is -0.388 e. The Bertz CT molecular complexity index is 620. The first-order valence-electron chi connectivity index (χ1n) is 7.30. The van der Waals surface area contributed by atoms with E-state index in [2.05, 4.69) is 5.10 Å². The fourth-order valence-corrected chi connectivity index (χ4v) is 2.89. The topological polar surface area (TPSA) is 38.0 Å². The molecule has 5 heteroatoms. The highest BCUT2D eigenvalue weighted by Crippen LogP contribution is 2.29. The van der Waals surface area contributed by atoms with E-state index in [0.29, 0.717) is 18.0 Å². The Kier molecular flexibility index (Phi) is 4.01. The molecule has 1 aliphatic rings. The number of halogens is 2. The first kappa shape index (κ1) is 14.2. The van der Waals surface area contributed by atoms with Crippen molar-refractivity contribution >= 4 is 0 Å². The quantitative estimate of drug-likeness (QED) is 0.935. The van der Waals surface area contributed by atoms with Gasteiger partial charge in [-0.25, -0.2) is 8.78 Å². The zero-order valence-electron chi connectivity index (χ0n) is 11.7. The molecule has 1 atom stereocenters. The summed E-state index contributed by atoms with van der Waals surface area (Å²) in [5.41, 5.74) is 1.13. The van der Waals surface area contributed by atoms with Crippen LogP contribution in [0.15, 0.2) is 30.5 Å². The Morgan fingerprint density at radius 3 is 2.67 bits per heavy atom. The van der Waals surface area contributed by atoms with Gasteiger partial charge in [-0.15, -0.1) is 0 Å². The van der Waals surface area contributed by atoms with Gasteiger partial charge in [-0.1, -0.05) is 18.9 Å². The van der Waals surface area contributed by atoms with Crippen LogP contribution in [0.4, 0.5) is 8.78 Å². The molecular weight excluding hydrogens is 274 g/mol. The highest BCUT2D eigenvalue weighted by molar-refractivity contribution is 5.21. The maximum atomic E-state index is 13.2. The van der Waals surface area contributed by atoms with Crippen molar-refractivity contribution < 1.29 is 13.9 Å². The molecule has 1 saturated carbocycles. The van der Waals surface area contributed by atoms with Gasteiger partial charge in [0.1, 0.15) is 0 Å². The van der Waals surface area contributed by atoms with E-state index in [9.17, 15) is 13.9 Å². The predicted octanol–water partition coefficient (Wildman–Crippen LogP) is 3.55. The van der Waals surface area contributed by atoms with Crippen LogP contribution in [0, 0.1) is 11.6 Å². The Labute approximate surface area is 122 Å². The number of aliphatic hydroxyl groups is 1. The van der Waals surface area contributed by atoms with Crippen molar-refractivity contribution in [1.29, 1.82) is 0 Å². The van der Waals surface area contributed by atoms with Gasteiger partial charge in [0.25, 0.3) is 0 Å². The smallest absolute Gasteiger partial charge is 0.159 e. The molecule has 1 aliphatic carbocycles. The lowest BCUT2D eigenvalue weighted by Gasteiger charge is -2.11. The van der Waals surface area contributed by atoms with Crippen LogP contribution in [0.1, 0.15) is 49.1 Å². The largest absolute Gasteiger partial charge is 0.388 e. The molecular formula is C16H18F2N2O. The number of rotatable bonds is 4. The lowest BCUT2D eigenvalue weighted by atomic mass is 10.0. The van der Waals surface area contributed by atoms with E-state index in [1.54, 1.807) is 0 Å². The van der Waals surface area contributed by atoms with Crippen LogP contribution in [0.3, 0.4) is 0 Å². The van der Waals surface area contributed by atoms with Crippen molar-refractivity contribution in [3.8, 4) is 0 Å². The molecule has 2 aromatic rings. The van der Waals surface area contributed by atoms with Gasteiger partial charge in [0.05, 0.1) is 17.8 Å². The van der Waals surface area contributed by atoms with Gasteiger partial charge in [-0.2, -0.15) is 5.10 Å². The van der Waals surface area contributed by atoms with Gasteiger partial charge < -0.3 is 5.11 Å². The van der Waals surface area contributed by atoms with E-state index in [4.69, 9.17) is 0 Å². The predicted molar refractivity (Wildman–Crippen MR) is 74.8 cm³/mol. The number of nitrogens with zero attached hydrogens (tertiary/aromatic N) is 2. The molecule has 0 bridgehead atoms. The molecule has 112 valence electrons. The molecule has 1 heterocycles. The summed E-state index contributed by atoms with van der Waals surface area (Å²) in [6.07, 6.45) is 6.11. The standard InChI is InChI=1S/C16H18F2N2O/c17-14-6-5-11(9-15(14)18)16(21)10-12-7-8-20(19-12)13-3-1-2-4-13/h5-9,13,16,21H,1-4,10H2. The number of aliphatic hydroxyl groups excluding tert-OH is 1. The second-order valence-corrected chi connectivity index (χ2v) is 5.62. The van der Waals surface area contributed by atoms with E-state index in [1.165, 1.54) is 18.9 Å². The minimum atomic E-state index is -0.942. The van der Waals surface area contributed by atoms with Crippen molar-refractivity contribution in [2.24, 2.45) is 0 Å². The molecule has 3 rings (SSSR count). The average Bonchev–Trinajstić information content (AvgIpc) is 3.12. The van der Waals surface area contributed by atoms with E-state index in [0.717, 1.165) is 30.7 Å². The minimum absolute atomic E-state index is 0.296. The molecule has 3 nitrogen and oxygen atoms in total. The van der Waals surface area contributed by atoms with Gasteiger partial charge in [0, 0.05) is 12.6 Å². The summed E-state index contributed by atoms with van der Waals surface area (Å²) in [6, 6.07) is 5.80. The summed E-state index contributed by atoms with van der Waals surface area (Å²) >= 11 is 0. The maximum absolute atomic E-state index is 13.2. The summed E-state index contributed by atoms with van der Waals surface area (Å²) in [6.45, 7) is 0. The average molecular weight is 292 g/mol. The fraction of sp³-hybridized carbons (Fsp3) is 0.438. The Hall–Kier alpha value is -1.75. The van der Waals surface area contributed by atoms with Crippen molar-refractivity contribution in [1.82, 2.24) is 9.78 Å². The number of aromatic nitrogens is 2. The zero-order valence-corrected chi connectivity index (χ0v) is 11.7. The van der Waals surface area contributed by atoms with Crippen molar-refractivity contribution in [3.05, 3.63) is 53.4 Å². The molecule has 1 aromatic carbocycles. The molecule has 21 heavy (non-hydrogen) atoms. The Morgan fingerprint density at radius 1 is 1.19 bits per heavy atom. The molecule has 0 aliphatic heterocycles. The van der Waals surface area contributed by atoms with Crippen molar-refractivity contribution in [2.45, 2.75) is 44.2 Å². The molecule has 0 spiro atoms. The van der Waals surface area contributed by atoms with Crippen molar-refractivity contribution in [2.75, 3.05) is 0 Å². The van der Waals surface area contributed by atoms with Crippen molar-refractivity contribution in [3.63, 3.8) is 0 Å². The van der Waals surface area contributed by atoms with E-state index in [-0.39, 0.29) is 0 Å². The summed E-state index contributed by atoms with van der Waals surface area (Å²) in [5.74, 6) is -1.85. The first-order valence-corrected chi connectivity index (χ1v) is 7.30. The molecule has 1 aromatic heterocycles. The lowest BCUT2D eigenvalue weighted by molar-refractivity contribution is 0.176. The van der Waals surface area contributed by atoms with Crippen LogP contribution in [-0.4, -0.2) is 14.9 Å². The SMILES string of the molecule is OC(Cc1ccn(C2CCCC2)n1)c1ccc(F)c(F)c1. The van der Waals surface area contributed by atoms with Gasteiger partial charge in [0.2, 0.25) is 0 Å². The second-order valence-electron chi connectivity index (χ2n) is 5.62. The monoisotopic (exact) mass is 292 g/mol.